The van der Waals surface area contributed by atoms with Gasteiger partial charge in [0.15, 0.2) is 0 Å². The highest BCUT2D eigenvalue weighted by Crippen LogP contribution is 2.17. The van der Waals surface area contributed by atoms with Gasteiger partial charge in [-0.3, -0.25) is 4.79 Å². The lowest BCUT2D eigenvalue weighted by atomic mass is 10.1. The van der Waals surface area contributed by atoms with Crippen molar-refractivity contribution in [3.8, 4) is 0 Å². The number of carbonyl (C=O) groups is 2. The van der Waals surface area contributed by atoms with Crippen LogP contribution in [0.5, 0.6) is 0 Å². The first-order valence-electron chi connectivity index (χ1n) is 6.27. The minimum atomic E-state index is -0.434. The SMILES string of the molecule is COC(=O)c1cccc(NC(=O)c2ccc(C)cc2I)c1. The number of ether oxygens (including phenoxy) is 1. The average molecular weight is 395 g/mol. The Balaban J connectivity index is 2.21. The number of methoxy groups -OCH3 is 1. The molecule has 0 saturated carbocycles. The predicted molar refractivity (Wildman–Crippen MR) is 89.6 cm³/mol. The van der Waals surface area contributed by atoms with Crippen molar-refractivity contribution in [3.05, 3.63) is 62.7 Å². The van der Waals surface area contributed by atoms with E-state index in [0.29, 0.717) is 16.8 Å². The van der Waals surface area contributed by atoms with Crippen molar-refractivity contribution in [2.75, 3.05) is 12.4 Å². The third-order valence-electron chi connectivity index (χ3n) is 2.91. The van der Waals surface area contributed by atoms with E-state index >= 15 is 0 Å². The maximum atomic E-state index is 12.3. The Morgan fingerprint density at radius 2 is 1.90 bits per heavy atom. The second-order valence-corrected chi connectivity index (χ2v) is 5.67. The Morgan fingerprint density at radius 3 is 2.57 bits per heavy atom. The number of hydrogen-bond donors (Lipinski definition) is 1. The molecule has 108 valence electrons. The van der Waals surface area contributed by atoms with Gasteiger partial charge in [-0.2, -0.15) is 0 Å². The fourth-order valence-electron chi connectivity index (χ4n) is 1.84. The highest BCUT2D eigenvalue weighted by Gasteiger charge is 2.11. The number of amides is 1. The lowest BCUT2D eigenvalue weighted by Gasteiger charge is -2.08. The molecule has 0 radical (unpaired) electrons. The van der Waals surface area contributed by atoms with Crippen LogP contribution in [0.1, 0.15) is 26.3 Å². The molecule has 1 amide bonds. The smallest absolute Gasteiger partial charge is 0.337 e. The molecule has 0 aliphatic rings. The van der Waals surface area contributed by atoms with Gasteiger partial charge >= 0.3 is 5.97 Å². The van der Waals surface area contributed by atoms with Crippen molar-refractivity contribution in [2.45, 2.75) is 6.92 Å². The fraction of sp³-hybridized carbons (Fsp3) is 0.125. The van der Waals surface area contributed by atoms with Crippen LogP contribution in [0.2, 0.25) is 0 Å². The van der Waals surface area contributed by atoms with Crippen LogP contribution in [-0.4, -0.2) is 19.0 Å². The lowest BCUT2D eigenvalue weighted by Crippen LogP contribution is -2.14. The van der Waals surface area contributed by atoms with E-state index in [0.717, 1.165) is 9.13 Å². The lowest BCUT2D eigenvalue weighted by molar-refractivity contribution is 0.0600. The molecule has 0 heterocycles. The third-order valence-corrected chi connectivity index (χ3v) is 3.80. The molecule has 0 fully saturated rings. The molecule has 0 aliphatic heterocycles. The van der Waals surface area contributed by atoms with Crippen molar-refractivity contribution in [3.63, 3.8) is 0 Å². The number of aryl methyl sites for hydroxylation is 1. The number of carbonyl (C=O) groups excluding carboxylic acids is 2. The van der Waals surface area contributed by atoms with Gasteiger partial charge in [0.05, 0.1) is 18.2 Å². The molecular formula is C16H14INO3. The highest BCUT2D eigenvalue weighted by molar-refractivity contribution is 14.1. The first kappa shape index (κ1) is 15.5. The largest absolute Gasteiger partial charge is 0.465 e. The van der Waals surface area contributed by atoms with E-state index < -0.39 is 5.97 Å². The van der Waals surface area contributed by atoms with Crippen LogP contribution in [-0.2, 0) is 4.74 Å². The van der Waals surface area contributed by atoms with Gasteiger partial charge in [0.2, 0.25) is 0 Å². The van der Waals surface area contributed by atoms with Crippen LogP contribution in [0, 0.1) is 10.5 Å². The summed E-state index contributed by atoms with van der Waals surface area (Å²) in [6.07, 6.45) is 0. The summed E-state index contributed by atoms with van der Waals surface area (Å²) in [5, 5.41) is 2.79. The van der Waals surface area contributed by atoms with Crippen LogP contribution in [0.4, 0.5) is 5.69 Å². The molecule has 0 spiro atoms. The third kappa shape index (κ3) is 3.81. The molecule has 0 bridgehead atoms. The molecule has 0 aromatic heterocycles. The van der Waals surface area contributed by atoms with Crippen LogP contribution in [0.15, 0.2) is 42.5 Å². The summed E-state index contributed by atoms with van der Waals surface area (Å²) in [5.74, 6) is -0.641. The van der Waals surface area contributed by atoms with Crippen molar-refractivity contribution >= 4 is 40.2 Å². The summed E-state index contributed by atoms with van der Waals surface area (Å²) >= 11 is 2.13. The van der Waals surface area contributed by atoms with Gasteiger partial charge in [-0.05, 0) is 59.8 Å². The average Bonchev–Trinajstić information content (AvgIpc) is 2.46. The zero-order valence-electron chi connectivity index (χ0n) is 11.6. The van der Waals surface area contributed by atoms with E-state index in [4.69, 9.17) is 0 Å². The van der Waals surface area contributed by atoms with E-state index in [1.807, 2.05) is 19.1 Å². The molecule has 21 heavy (non-hydrogen) atoms. The van der Waals surface area contributed by atoms with E-state index in [1.165, 1.54) is 7.11 Å². The molecule has 0 aliphatic carbocycles. The quantitative estimate of drug-likeness (QED) is 0.638. The number of esters is 1. The Labute approximate surface area is 136 Å². The van der Waals surface area contributed by atoms with Gasteiger partial charge in [-0.15, -0.1) is 0 Å². The minimum Gasteiger partial charge on any atom is -0.465 e. The Morgan fingerprint density at radius 1 is 1.14 bits per heavy atom. The summed E-state index contributed by atoms with van der Waals surface area (Å²) in [6.45, 7) is 1.98. The summed E-state index contributed by atoms with van der Waals surface area (Å²) in [6, 6.07) is 12.3. The maximum Gasteiger partial charge on any atom is 0.337 e. The number of rotatable bonds is 3. The van der Waals surface area contributed by atoms with E-state index in [9.17, 15) is 9.59 Å². The fourth-order valence-corrected chi connectivity index (χ4v) is 2.76. The molecule has 4 nitrogen and oxygen atoms in total. The van der Waals surface area contributed by atoms with Crippen molar-refractivity contribution in [1.82, 2.24) is 0 Å². The molecule has 0 unspecified atom stereocenters. The molecule has 1 N–H and O–H groups in total. The molecular weight excluding hydrogens is 381 g/mol. The van der Waals surface area contributed by atoms with E-state index in [1.54, 1.807) is 30.3 Å². The number of halogens is 1. The van der Waals surface area contributed by atoms with Crippen LogP contribution >= 0.6 is 22.6 Å². The van der Waals surface area contributed by atoms with Gasteiger partial charge in [-0.1, -0.05) is 17.7 Å². The first-order valence-corrected chi connectivity index (χ1v) is 7.35. The first-order chi connectivity index (χ1) is 10.0. The van der Waals surface area contributed by atoms with E-state index in [2.05, 4.69) is 32.6 Å². The molecule has 2 rings (SSSR count). The molecule has 2 aromatic rings. The summed E-state index contributed by atoms with van der Waals surface area (Å²) in [4.78, 5) is 23.7. The zero-order valence-corrected chi connectivity index (χ0v) is 13.8. The predicted octanol–water partition coefficient (Wildman–Crippen LogP) is 3.64. The van der Waals surface area contributed by atoms with Gasteiger partial charge in [0.1, 0.15) is 0 Å². The number of anilines is 1. The van der Waals surface area contributed by atoms with Crippen molar-refractivity contribution in [2.24, 2.45) is 0 Å². The Bertz CT molecular complexity index is 698. The zero-order chi connectivity index (χ0) is 15.4. The second-order valence-electron chi connectivity index (χ2n) is 4.51. The molecule has 2 aromatic carbocycles. The monoisotopic (exact) mass is 395 g/mol. The topological polar surface area (TPSA) is 55.4 Å². The summed E-state index contributed by atoms with van der Waals surface area (Å²) in [7, 11) is 1.32. The van der Waals surface area contributed by atoms with E-state index in [-0.39, 0.29) is 5.91 Å². The Hall–Kier alpha value is -1.89. The van der Waals surface area contributed by atoms with Crippen molar-refractivity contribution in [1.29, 1.82) is 0 Å². The normalized spacial score (nSPS) is 10.0. The molecule has 0 atom stereocenters. The Kier molecular flexibility index (Phi) is 4.95. The standard InChI is InChI=1S/C16H14INO3/c1-10-6-7-13(14(17)8-10)15(19)18-12-5-3-4-11(9-12)16(20)21-2/h3-9H,1-2H3,(H,18,19). The maximum absolute atomic E-state index is 12.3. The van der Waals surface area contributed by atoms with Gasteiger partial charge in [0, 0.05) is 9.26 Å². The van der Waals surface area contributed by atoms with Gasteiger partial charge in [-0.25, -0.2) is 4.79 Å². The van der Waals surface area contributed by atoms with Crippen molar-refractivity contribution < 1.29 is 14.3 Å². The number of nitrogens with one attached hydrogen (secondary N) is 1. The molecule has 5 heteroatoms. The number of hydrogen-bond acceptors (Lipinski definition) is 3. The highest BCUT2D eigenvalue weighted by atomic mass is 127. The summed E-state index contributed by atoms with van der Waals surface area (Å²) in [5.41, 5.74) is 2.65. The van der Waals surface area contributed by atoms with Crippen LogP contribution < -0.4 is 5.32 Å². The van der Waals surface area contributed by atoms with Gasteiger partial charge < -0.3 is 10.1 Å². The van der Waals surface area contributed by atoms with Crippen LogP contribution in [0.25, 0.3) is 0 Å². The second kappa shape index (κ2) is 6.71. The summed E-state index contributed by atoms with van der Waals surface area (Å²) < 4.78 is 5.54. The van der Waals surface area contributed by atoms with Crippen LogP contribution in [0.3, 0.4) is 0 Å². The molecule has 0 saturated heterocycles. The minimum absolute atomic E-state index is 0.207. The number of benzene rings is 2. The van der Waals surface area contributed by atoms with Gasteiger partial charge in [0.25, 0.3) is 5.91 Å².